The molecule has 1 aromatic heterocycles. The van der Waals surface area contributed by atoms with E-state index in [-0.39, 0.29) is 30.5 Å². The molecule has 3 amide bonds. The molecule has 34 heavy (non-hydrogen) atoms. The van der Waals surface area contributed by atoms with Crippen molar-refractivity contribution in [1.29, 1.82) is 0 Å². The molecule has 0 saturated heterocycles. The molecule has 3 N–H and O–H groups in total. The van der Waals surface area contributed by atoms with Crippen molar-refractivity contribution in [2.24, 2.45) is 10.8 Å². The molecule has 0 bridgehead atoms. The highest BCUT2D eigenvalue weighted by Crippen LogP contribution is 2.22. The summed E-state index contributed by atoms with van der Waals surface area (Å²) < 4.78 is 5.61. The van der Waals surface area contributed by atoms with Gasteiger partial charge >= 0.3 is 0 Å². The van der Waals surface area contributed by atoms with Crippen LogP contribution < -0.4 is 15.8 Å². The number of pyridine rings is 1. The number of ether oxygens (including phenoxy) is 1. The fourth-order valence-electron chi connectivity index (χ4n) is 3.39. The summed E-state index contributed by atoms with van der Waals surface area (Å²) >= 11 is 0. The minimum Gasteiger partial charge on any atom is -0.439 e. The van der Waals surface area contributed by atoms with Crippen LogP contribution in [0.1, 0.15) is 35.2 Å². The molecule has 172 valence electrons. The zero-order chi connectivity index (χ0) is 23.9. The molecule has 1 aliphatic rings. The Hall–Kier alpha value is -4.53. The van der Waals surface area contributed by atoms with Gasteiger partial charge in [-0.25, -0.2) is 9.99 Å². The second-order valence-corrected chi connectivity index (χ2v) is 7.61. The molecule has 0 unspecified atom stereocenters. The van der Waals surface area contributed by atoms with E-state index in [1.165, 1.54) is 17.3 Å². The monoisotopic (exact) mass is 457 g/mol. The third kappa shape index (κ3) is 5.83. The first kappa shape index (κ1) is 22.7. The van der Waals surface area contributed by atoms with Gasteiger partial charge in [-0.15, -0.1) is 0 Å². The lowest BCUT2D eigenvalue weighted by Crippen LogP contribution is -2.25. The standard InChI is InChI=1S/C25H23N5O4/c26-25(33)18-7-4-8-20(15-18)34-23-11-9-19(16-27-23)28-22(31)10-12-24(32)30-14-13-21(29-30)17-5-2-1-3-6-17/h1-9,11,15-16H,10,12-14H2,(H2,26,33)(H,28,31). The normalized spacial score (nSPS) is 12.7. The number of hydrogen-bond acceptors (Lipinski definition) is 6. The summed E-state index contributed by atoms with van der Waals surface area (Å²) in [6.45, 7) is 0.512. The topological polar surface area (TPSA) is 127 Å². The minimum absolute atomic E-state index is 0.0314. The predicted molar refractivity (Wildman–Crippen MR) is 126 cm³/mol. The average molecular weight is 457 g/mol. The van der Waals surface area contributed by atoms with E-state index >= 15 is 0 Å². The fourth-order valence-corrected chi connectivity index (χ4v) is 3.39. The molecule has 3 aromatic rings. The predicted octanol–water partition coefficient (Wildman–Crippen LogP) is 3.33. The summed E-state index contributed by atoms with van der Waals surface area (Å²) in [4.78, 5) is 40.1. The summed E-state index contributed by atoms with van der Waals surface area (Å²) in [6.07, 6.45) is 2.23. The minimum atomic E-state index is -0.553. The molecular weight excluding hydrogens is 434 g/mol. The van der Waals surface area contributed by atoms with E-state index in [1.807, 2.05) is 30.3 Å². The number of nitrogens with two attached hydrogens (primary N) is 1. The van der Waals surface area contributed by atoms with Crippen molar-refractivity contribution >= 4 is 29.1 Å². The van der Waals surface area contributed by atoms with Gasteiger partial charge in [-0.05, 0) is 29.8 Å². The number of rotatable bonds is 8. The second kappa shape index (κ2) is 10.4. The Balaban J connectivity index is 1.26. The Morgan fingerprint density at radius 2 is 1.82 bits per heavy atom. The van der Waals surface area contributed by atoms with Crippen molar-refractivity contribution in [3.63, 3.8) is 0 Å². The van der Waals surface area contributed by atoms with E-state index in [1.54, 1.807) is 30.3 Å². The van der Waals surface area contributed by atoms with Gasteiger partial charge in [0.05, 0.1) is 24.1 Å². The maximum absolute atomic E-state index is 12.4. The van der Waals surface area contributed by atoms with E-state index in [4.69, 9.17) is 10.5 Å². The van der Waals surface area contributed by atoms with Crippen molar-refractivity contribution in [1.82, 2.24) is 9.99 Å². The maximum Gasteiger partial charge on any atom is 0.248 e. The lowest BCUT2D eigenvalue weighted by Gasteiger charge is -2.11. The van der Waals surface area contributed by atoms with Crippen molar-refractivity contribution in [3.05, 3.63) is 84.1 Å². The Kier molecular flexibility index (Phi) is 6.92. The number of anilines is 1. The number of benzene rings is 2. The van der Waals surface area contributed by atoms with Crippen LogP contribution in [0.3, 0.4) is 0 Å². The largest absolute Gasteiger partial charge is 0.439 e. The number of nitrogens with zero attached hydrogens (tertiary/aromatic N) is 3. The van der Waals surface area contributed by atoms with Gasteiger partial charge < -0.3 is 15.8 Å². The Labute approximate surface area is 196 Å². The average Bonchev–Trinajstić information content (AvgIpc) is 3.35. The van der Waals surface area contributed by atoms with Crippen molar-refractivity contribution in [2.75, 3.05) is 11.9 Å². The molecule has 1 aliphatic heterocycles. The summed E-state index contributed by atoms with van der Waals surface area (Å²) in [5.41, 5.74) is 7.93. The van der Waals surface area contributed by atoms with Crippen LogP contribution in [0.5, 0.6) is 11.6 Å². The Bertz CT molecular complexity index is 1230. The number of nitrogens with one attached hydrogen (secondary N) is 1. The highest BCUT2D eigenvalue weighted by molar-refractivity contribution is 6.02. The lowest BCUT2D eigenvalue weighted by atomic mass is 10.1. The van der Waals surface area contributed by atoms with Crippen molar-refractivity contribution in [3.8, 4) is 11.6 Å². The number of carbonyl (C=O) groups excluding carboxylic acids is 3. The lowest BCUT2D eigenvalue weighted by molar-refractivity contribution is -0.132. The van der Waals surface area contributed by atoms with Crippen LogP contribution in [0.2, 0.25) is 0 Å². The summed E-state index contributed by atoms with van der Waals surface area (Å²) in [6, 6.07) is 19.4. The summed E-state index contributed by atoms with van der Waals surface area (Å²) in [7, 11) is 0. The number of amides is 3. The van der Waals surface area contributed by atoms with Crippen LogP contribution in [-0.4, -0.2) is 40.0 Å². The number of hydrogen-bond donors (Lipinski definition) is 2. The Morgan fingerprint density at radius 3 is 2.56 bits per heavy atom. The molecule has 4 rings (SSSR count). The first-order valence-corrected chi connectivity index (χ1v) is 10.7. The van der Waals surface area contributed by atoms with Gasteiger partial charge in [0.15, 0.2) is 0 Å². The first-order valence-electron chi connectivity index (χ1n) is 10.7. The van der Waals surface area contributed by atoms with Crippen LogP contribution in [0.25, 0.3) is 0 Å². The van der Waals surface area contributed by atoms with Crippen LogP contribution in [0, 0.1) is 0 Å². The van der Waals surface area contributed by atoms with E-state index in [2.05, 4.69) is 15.4 Å². The zero-order valence-electron chi connectivity index (χ0n) is 18.3. The molecule has 2 aromatic carbocycles. The number of primary amides is 1. The molecule has 0 fully saturated rings. The zero-order valence-corrected chi connectivity index (χ0v) is 18.3. The van der Waals surface area contributed by atoms with Crippen LogP contribution in [0.4, 0.5) is 5.69 Å². The maximum atomic E-state index is 12.4. The molecule has 9 heteroatoms. The molecule has 9 nitrogen and oxygen atoms in total. The van der Waals surface area contributed by atoms with Gasteiger partial charge in [0, 0.05) is 30.9 Å². The van der Waals surface area contributed by atoms with Gasteiger partial charge in [-0.2, -0.15) is 5.10 Å². The van der Waals surface area contributed by atoms with E-state index < -0.39 is 5.91 Å². The van der Waals surface area contributed by atoms with Gasteiger partial charge in [-0.3, -0.25) is 14.4 Å². The van der Waals surface area contributed by atoms with Crippen LogP contribution in [-0.2, 0) is 9.59 Å². The van der Waals surface area contributed by atoms with Crippen LogP contribution >= 0.6 is 0 Å². The number of aromatic nitrogens is 1. The molecule has 0 atom stereocenters. The summed E-state index contributed by atoms with van der Waals surface area (Å²) in [5, 5.41) is 8.54. The third-order valence-electron chi connectivity index (χ3n) is 5.12. The van der Waals surface area contributed by atoms with Gasteiger partial charge in [0.25, 0.3) is 0 Å². The molecule has 2 heterocycles. The van der Waals surface area contributed by atoms with E-state index in [0.29, 0.717) is 30.0 Å². The third-order valence-corrected chi connectivity index (χ3v) is 5.12. The molecular formula is C25H23N5O4. The summed E-state index contributed by atoms with van der Waals surface area (Å²) in [5.74, 6) is -0.344. The fraction of sp³-hybridized carbons (Fsp3) is 0.160. The number of carbonyl (C=O) groups is 3. The molecule has 0 spiro atoms. The highest BCUT2D eigenvalue weighted by Gasteiger charge is 2.22. The quantitative estimate of drug-likeness (QED) is 0.536. The SMILES string of the molecule is NC(=O)c1cccc(Oc2ccc(NC(=O)CCC(=O)N3CCC(c4ccccc4)=N3)cn2)c1. The van der Waals surface area contributed by atoms with Crippen molar-refractivity contribution in [2.45, 2.75) is 19.3 Å². The van der Waals surface area contributed by atoms with Gasteiger partial charge in [0.1, 0.15) is 5.75 Å². The molecule has 0 aliphatic carbocycles. The first-order chi connectivity index (χ1) is 16.5. The molecule has 0 radical (unpaired) electrons. The smallest absolute Gasteiger partial charge is 0.248 e. The van der Waals surface area contributed by atoms with E-state index in [9.17, 15) is 14.4 Å². The molecule has 0 saturated carbocycles. The Morgan fingerprint density at radius 1 is 1.00 bits per heavy atom. The highest BCUT2D eigenvalue weighted by atomic mass is 16.5. The van der Waals surface area contributed by atoms with E-state index in [0.717, 1.165) is 11.3 Å². The van der Waals surface area contributed by atoms with Crippen LogP contribution in [0.15, 0.2) is 78.0 Å². The number of hydrazone groups is 1. The second-order valence-electron chi connectivity index (χ2n) is 7.61. The van der Waals surface area contributed by atoms with Gasteiger partial charge in [0.2, 0.25) is 23.6 Å². The van der Waals surface area contributed by atoms with Gasteiger partial charge in [-0.1, -0.05) is 36.4 Å². The van der Waals surface area contributed by atoms with Crippen molar-refractivity contribution < 1.29 is 19.1 Å².